The lowest BCUT2D eigenvalue weighted by atomic mass is 10.0. The summed E-state index contributed by atoms with van der Waals surface area (Å²) in [6, 6.07) is 0. The van der Waals surface area contributed by atoms with Gasteiger partial charge in [-0.1, -0.05) is 214 Å². The van der Waals surface area contributed by atoms with E-state index in [1.807, 2.05) is 0 Å². The van der Waals surface area contributed by atoms with Crippen molar-refractivity contribution in [2.45, 2.75) is 213 Å². The van der Waals surface area contributed by atoms with E-state index < -0.39 is 13.9 Å². The molecule has 0 saturated heterocycles. The zero-order valence-electron chi connectivity index (χ0n) is 39.8. The Labute approximate surface area is 381 Å². The lowest BCUT2D eigenvalue weighted by molar-refractivity contribution is -0.154. The fourth-order valence-electron chi connectivity index (χ4n) is 6.68. The van der Waals surface area contributed by atoms with Crippen molar-refractivity contribution in [3.63, 3.8) is 0 Å². The number of rotatable bonds is 47. The molecule has 0 aliphatic heterocycles. The van der Waals surface area contributed by atoms with Gasteiger partial charge in [0.25, 0.3) is 0 Å². The number of nitrogens with two attached hydrogens (primary N) is 1. The summed E-state index contributed by atoms with van der Waals surface area (Å²) in [5.74, 6) is -0.345. The molecule has 0 aromatic rings. The molecule has 0 spiro atoms. The van der Waals surface area contributed by atoms with Crippen LogP contribution in [-0.2, 0) is 27.9 Å². The highest BCUT2D eigenvalue weighted by molar-refractivity contribution is 7.47. The Morgan fingerprint density at radius 3 is 1.32 bits per heavy atom. The van der Waals surface area contributed by atoms with Gasteiger partial charge in [-0.15, -0.1) is 0 Å². The van der Waals surface area contributed by atoms with E-state index in [4.69, 9.17) is 24.3 Å². The number of hydrogen-bond donors (Lipinski definition) is 2. The minimum Gasteiger partial charge on any atom is -0.457 e. The summed E-state index contributed by atoms with van der Waals surface area (Å²) in [4.78, 5) is 22.6. The first-order valence-electron chi connectivity index (χ1n) is 25.1. The van der Waals surface area contributed by atoms with Crippen LogP contribution in [0.4, 0.5) is 0 Å². The summed E-state index contributed by atoms with van der Waals surface area (Å²) in [5, 5.41) is 0. The molecule has 2 unspecified atom stereocenters. The van der Waals surface area contributed by atoms with Gasteiger partial charge in [0.2, 0.25) is 0 Å². The quantitative estimate of drug-likeness (QED) is 0.0269. The van der Waals surface area contributed by atoms with Gasteiger partial charge in [-0.25, -0.2) is 4.57 Å². The second kappa shape index (κ2) is 49.7. The molecule has 0 heterocycles. The standard InChI is InChI=1S/C53H94NO7P/c1-3-5-7-9-11-13-15-17-19-21-23-24-25-26-27-29-31-33-35-37-39-41-43-45-48-58-50-52(51-60-62(56,57)59-49-47-54)61-53(55)46-44-42-40-38-36-34-32-30-28-22-20-18-16-14-12-10-8-6-4-2/h5,7,11,13,17,19,23-24,26-27,31,33,37,39,52H,3-4,6,8-10,12,14-16,18,20-22,25,28-30,32,34-36,38,40-51,54H2,1-2H3,(H,56,57)/b7-5-,13-11-,19-17-,24-23-,27-26-,33-31-,39-37-. The lowest BCUT2D eigenvalue weighted by Gasteiger charge is -2.20. The summed E-state index contributed by atoms with van der Waals surface area (Å²) >= 11 is 0. The van der Waals surface area contributed by atoms with E-state index in [1.165, 1.54) is 103 Å². The Bertz CT molecular complexity index is 1220. The summed E-state index contributed by atoms with van der Waals surface area (Å²) in [6.45, 7) is 4.70. The monoisotopic (exact) mass is 888 g/mol. The number of carbonyl (C=O) groups is 1. The van der Waals surface area contributed by atoms with Gasteiger partial charge >= 0.3 is 13.8 Å². The van der Waals surface area contributed by atoms with Crippen LogP contribution >= 0.6 is 7.82 Å². The van der Waals surface area contributed by atoms with Gasteiger partial charge in [-0.2, -0.15) is 0 Å². The van der Waals surface area contributed by atoms with E-state index >= 15 is 0 Å². The number of unbranched alkanes of at least 4 members (excludes halogenated alkanes) is 20. The van der Waals surface area contributed by atoms with Crippen LogP contribution in [0.15, 0.2) is 85.1 Å². The zero-order valence-corrected chi connectivity index (χ0v) is 40.7. The molecule has 8 nitrogen and oxygen atoms in total. The van der Waals surface area contributed by atoms with Crippen LogP contribution in [0.1, 0.15) is 206 Å². The molecule has 62 heavy (non-hydrogen) atoms. The number of esters is 1. The fraction of sp³-hybridized carbons (Fsp3) is 0.717. The average molecular weight is 888 g/mol. The van der Waals surface area contributed by atoms with E-state index in [-0.39, 0.29) is 32.3 Å². The first-order valence-corrected chi connectivity index (χ1v) is 26.6. The predicted octanol–water partition coefficient (Wildman–Crippen LogP) is 15.6. The average Bonchev–Trinajstić information content (AvgIpc) is 3.26. The fourth-order valence-corrected chi connectivity index (χ4v) is 7.45. The van der Waals surface area contributed by atoms with Crippen molar-refractivity contribution in [3.8, 4) is 0 Å². The summed E-state index contributed by atoms with van der Waals surface area (Å²) in [7, 11) is -4.30. The highest BCUT2D eigenvalue weighted by atomic mass is 31.2. The molecule has 9 heteroatoms. The maximum atomic E-state index is 12.6. The van der Waals surface area contributed by atoms with Crippen molar-refractivity contribution in [2.24, 2.45) is 5.73 Å². The van der Waals surface area contributed by atoms with E-state index in [2.05, 4.69) is 98.9 Å². The maximum absolute atomic E-state index is 12.6. The van der Waals surface area contributed by atoms with Crippen LogP contribution in [0.5, 0.6) is 0 Å². The highest BCUT2D eigenvalue weighted by Crippen LogP contribution is 2.43. The van der Waals surface area contributed by atoms with Gasteiger partial charge in [0.15, 0.2) is 0 Å². The van der Waals surface area contributed by atoms with Crippen molar-refractivity contribution in [3.05, 3.63) is 85.1 Å². The molecule has 3 N–H and O–H groups in total. The largest absolute Gasteiger partial charge is 0.472 e. The molecule has 0 radical (unpaired) electrons. The van der Waals surface area contributed by atoms with Crippen molar-refractivity contribution in [1.82, 2.24) is 0 Å². The van der Waals surface area contributed by atoms with Gasteiger partial charge in [0.05, 0.1) is 19.8 Å². The molecule has 0 aliphatic carbocycles. The van der Waals surface area contributed by atoms with Crippen LogP contribution in [0, 0.1) is 0 Å². The number of ether oxygens (including phenoxy) is 2. The second-order valence-electron chi connectivity index (χ2n) is 16.3. The van der Waals surface area contributed by atoms with Crippen molar-refractivity contribution < 1.29 is 32.8 Å². The number of phosphoric ester groups is 1. The number of phosphoric acid groups is 1. The smallest absolute Gasteiger partial charge is 0.457 e. The molecule has 0 bridgehead atoms. The minimum absolute atomic E-state index is 0.0837. The molecular weight excluding hydrogens is 794 g/mol. The molecule has 358 valence electrons. The topological polar surface area (TPSA) is 117 Å². The van der Waals surface area contributed by atoms with E-state index in [0.717, 1.165) is 83.5 Å². The SMILES string of the molecule is CC/C=C\C/C=C\C/C=C\C/C=C\C/C=C\C/C=C\C/C=C\CCCCOCC(COP(=O)(O)OCCN)OC(=O)CCCCCCCCCCCCCCCCCCCCC. The molecule has 0 aliphatic rings. The van der Waals surface area contributed by atoms with Crippen molar-refractivity contribution in [2.75, 3.05) is 33.0 Å². The van der Waals surface area contributed by atoms with Crippen molar-refractivity contribution in [1.29, 1.82) is 0 Å². The van der Waals surface area contributed by atoms with Crippen LogP contribution < -0.4 is 5.73 Å². The Morgan fingerprint density at radius 2 is 0.903 bits per heavy atom. The Hall–Kier alpha value is -2.32. The number of allylic oxidation sites excluding steroid dienone is 14. The number of carbonyl (C=O) groups excluding carboxylic acids is 1. The summed E-state index contributed by atoms with van der Waals surface area (Å²) < 4.78 is 33.5. The van der Waals surface area contributed by atoms with Gasteiger partial charge < -0.3 is 20.1 Å². The first kappa shape index (κ1) is 59.7. The normalized spacial score (nSPS) is 14.1. The Balaban J connectivity index is 4.07. The van der Waals surface area contributed by atoms with Crippen LogP contribution in [0.2, 0.25) is 0 Å². The zero-order chi connectivity index (χ0) is 45.1. The number of hydrogen-bond acceptors (Lipinski definition) is 7. The van der Waals surface area contributed by atoms with E-state index in [1.54, 1.807) is 0 Å². The Morgan fingerprint density at radius 1 is 0.500 bits per heavy atom. The minimum atomic E-state index is -4.30. The predicted molar refractivity (Wildman–Crippen MR) is 265 cm³/mol. The summed E-state index contributed by atoms with van der Waals surface area (Å²) in [5.41, 5.74) is 5.38. The highest BCUT2D eigenvalue weighted by Gasteiger charge is 2.25. The van der Waals surface area contributed by atoms with Crippen LogP contribution in [0.25, 0.3) is 0 Å². The van der Waals surface area contributed by atoms with Gasteiger partial charge in [0, 0.05) is 19.6 Å². The third kappa shape index (κ3) is 48.7. The van der Waals surface area contributed by atoms with Crippen LogP contribution in [0.3, 0.4) is 0 Å². The second-order valence-corrected chi connectivity index (χ2v) is 17.8. The maximum Gasteiger partial charge on any atom is 0.472 e. The van der Waals surface area contributed by atoms with Crippen LogP contribution in [-0.4, -0.2) is 49.9 Å². The molecule has 0 rings (SSSR count). The molecule has 2 atom stereocenters. The van der Waals surface area contributed by atoms with E-state index in [9.17, 15) is 14.3 Å². The molecule has 0 aromatic carbocycles. The Kier molecular flexibility index (Phi) is 47.8. The van der Waals surface area contributed by atoms with Gasteiger partial charge in [-0.05, 0) is 70.6 Å². The van der Waals surface area contributed by atoms with Gasteiger partial charge in [0.1, 0.15) is 6.10 Å². The van der Waals surface area contributed by atoms with Crippen molar-refractivity contribution >= 4 is 13.8 Å². The van der Waals surface area contributed by atoms with E-state index in [0.29, 0.717) is 13.0 Å². The summed E-state index contributed by atoms with van der Waals surface area (Å²) in [6.07, 6.45) is 64.8. The molecule has 0 fully saturated rings. The van der Waals surface area contributed by atoms with Gasteiger partial charge in [-0.3, -0.25) is 13.8 Å². The first-order chi connectivity index (χ1) is 30.4. The third-order valence-corrected chi connectivity index (χ3v) is 11.3. The third-order valence-electron chi connectivity index (χ3n) is 10.3. The lowest BCUT2D eigenvalue weighted by Crippen LogP contribution is -2.28. The molecule has 0 aromatic heterocycles. The molecule has 0 saturated carbocycles. The molecular formula is C53H94NO7P. The molecule has 0 amide bonds.